The van der Waals surface area contributed by atoms with Crippen LogP contribution in [0.4, 0.5) is 0 Å². The average Bonchev–Trinajstić information content (AvgIpc) is 2.99. The monoisotopic (exact) mass is 633 g/mol. The van der Waals surface area contributed by atoms with Crippen molar-refractivity contribution >= 4 is 29.3 Å². The van der Waals surface area contributed by atoms with E-state index in [0.29, 0.717) is 0 Å². The van der Waals surface area contributed by atoms with Gasteiger partial charge in [-0.05, 0) is 13.0 Å². The summed E-state index contributed by atoms with van der Waals surface area (Å²) in [6.07, 6.45) is -5.12. The SMILES string of the molecule is COc1cccc2c1C(=O)c1c(O)c3c(c(O)c1C2=O)C[C@@](O)(C(=O)CO)C[C@@H]3O[C@H]1C[C@H](N)[C@@H](O)[C@H](C)O1.O=C(O)C(=O)O. The maximum absolute atomic E-state index is 13.6. The van der Waals surface area contributed by atoms with E-state index in [-0.39, 0.29) is 34.4 Å². The molecule has 0 bridgehead atoms. The minimum atomic E-state index is -2.24. The lowest BCUT2D eigenvalue weighted by atomic mass is 9.72. The van der Waals surface area contributed by atoms with Gasteiger partial charge in [-0.15, -0.1) is 0 Å². The first-order valence-corrected chi connectivity index (χ1v) is 13.5. The molecule has 2 aromatic carbocycles. The zero-order valence-corrected chi connectivity index (χ0v) is 23.9. The molecule has 6 atom stereocenters. The number of carbonyl (C=O) groups excluding carboxylic acids is 3. The molecule has 16 nitrogen and oxygen atoms in total. The van der Waals surface area contributed by atoms with Crippen LogP contribution in [0.15, 0.2) is 18.2 Å². The lowest BCUT2D eigenvalue weighted by Crippen LogP contribution is -2.53. The minimum absolute atomic E-state index is 0.0173. The largest absolute Gasteiger partial charge is 0.507 e. The Balaban J connectivity index is 0.000000700. The average molecular weight is 634 g/mol. The second kappa shape index (κ2) is 12.5. The molecule has 45 heavy (non-hydrogen) atoms. The van der Waals surface area contributed by atoms with Crippen molar-refractivity contribution in [3.05, 3.63) is 51.6 Å². The molecule has 0 aromatic heterocycles. The molecule has 9 N–H and O–H groups in total. The zero-order chi connectivity index (χ0) is 33.5. The Morgan fingerprint density at radius 2 is 1.67 bits per heavy atom. The normalized spacial score (nSPS) is 26.8. The molecular formula is C29H31NO15. The lowest BCUT2D eigenvalue weighted by Gasteiger charge is -2.42. The number of nitrogens with two attached hydrogens (primary N) is 1. The summed E-state index contributed by atoms with van der Waals surface area (Å²) in [7, 11) is 1.32. The number of phenolic OH excluding ortho intramolecular Hbond substituents is 2. The van der Waals surface area contributed by atoms with Crippen LogP contribution in [0.3, 0.4) is 0 Å². The van der Waals surface area contributed by atoms with Gasteiger partial charge in [0.1, 0.15) is 29.5 Å². The number of ketones is 3. The number of fused-ring (bicyclic) bond motifs is 3. The van der Waals surface area contributed by atoms with Crippen LogP contribution in [0.5, 0.6) is 17.2 Å². The first-order chi connectivity index (χ1) is 21.1. The van der Waals surface area contributed by atoms with E-state index < -0.39 is 108 Å². The van der Waals surface area contributed by atoms with Gasteiger partial charge in [-0.3, -0.25) is 14.4 Å². The number of rotatable bonds is 5. The Hall–Kier alpha value is -4.45. The first kappa shape index (κ1) is 33.4. The minimum Gasteiger partial charge on any atom is -0.507 e. The van der Waals surface area contributed by atoms with E-state index in [2.05, 4.69) is 0 Å². The third kappa shape index (κ3) is 5.86. The summed E-state index contributed by atoms with van der Waals surface area (Å²) in [5.41, 5.74) is 2.37. The van der Waals surface area contributed by atoms with E-state index in [1.54, 1.807) is 6.92 Å². The summed E-state index contributed by atoms with van der Waals surface area (Å²) in [5, 5.41) is 68.5. The molecule has 0 radical (unpaired) electrons. The highest BCUT2D eigenvalue weighted by molar-refractivity contribution is 6.31. The number of Topliss-reactive ketones (excluding diaryl/α,β-unsaturated/α-hetero) is 1. The fourth-order valence-corrected chi connectivity index (χ4v) is 5.75. The fraction of sp³-hybridized carbons (Fsp3) is 0.414. The third-order valence-electron chi connectivity index (χ3n) is 7.99. The summed E-state index contributed by atoms with van der Waals surface area (Å²) < 4.78 is 17.0. The number of carboxylic acid groups (broad SMARTS) is 2. The molecule has 1 heterocycles. The highest BCUT2D eigenvalue weighted by Crippen LogP contribution is 2.52. The quantitative estimate of drug-likeness (QED) is 0.125. The van der Waals surface area contributed by atoms with E-state index in [9.17, 15) is 39.9 Å². The van der Waals surface area contributed by atoms with Crippen molar-refractivity contribution in [3.8, 4) is 17.2 Å². The number of hydrogen-bond donors (Lipinski definition) is 8. The Morgan fingerprint density at radius 1 is 1.04 bits per heavy atom. The summed E-state index contributed by atoms with van der Waals surface area (Å²) in [4.78, 5) is 57.9. The van der Waals surface area contributed by atoms with Crippen LogP contribution in [0.25, 0.3) is 0 Å². The molecule has 5 rings (SSSR count). The second-order valence-corrected chi connectivity index (χ2v) is 10.8. The van der Waals surface area contributed by atoms with Crippen LogP contribution < -0.4 is 10.5 Å². The van der Waals surface area contributed by atoms with Gasteiger partial charge in [-0.1, -0.05) is 12.1 Å². The fourth-order valence-electron chi connectivity index (χ4n) is 5.75. The maximum Gasteiger partial charge on any atom is 0.414 e. The predicted molar refractivity (Wildman–Crippen MR) is 147 cm³/mol. The molecule has 1 saturated heterocycles. The standard InChI is InChI=1S/C27H29NO11.C2H2O4/c1-10-22(31)13(28)6-17(38-10)39-15-8-27(36,16(30)9-29)7-12-19(15)26(35)21-20(24(12)33)23(32)11-4-3-5-14(37-2)18(11)25(21)34;3-1(4)2(5)6/h3-5,10,13,15,17,22,29,31,33,35-36H,6-9,28H2,1-2H3;(H,3,4)(H,5,6)/t10-,13-,15-,17-,22-,27-;/m0./s1. The van der Waals surface area contributed by atoms with Gasteiger partial charge in [0, 0.05) is 42.0 Å². The van der Waals surface area contributed by atoms with Crippen molar-refractivity contribution in [1.82, 2.24) is 0 Å². The highest BCUT2D eigenvalue weighted by atomic mass is 16.7. The number of aliphatic hydroxyl groups is 3. The number of benzene rings is 2. The molecule has 0 spiro atoms. The molecule has 0 unspecified atom stereocenters. The molecule has 0 saturated carbocycles. The van der Waals surface area contributed by atoms with Crippen LogP contribution >= 0.6 is 0 Å². The predicted octanol–water partition coefficient (Wildman–Crippen LogP) is -0.843. The number of aromatic hydroxyl groups is 2. The highest BCUT2D eigenvalue weighted by Gasteiger charge is 2.50. The number of carbonyl (C=O) groups is 5. The lowest BCUT2D eigenvalue weighted by molar-refractivity contribution is -0.247. The second-order valence-electron chi connectivity index (χ2n) is 10.8. The van der Waals surface area contributed by atoms with E-state index in [1.807, 2.05) is 0 Å². The Morgan fingerprint density at radius 3 is 2.22 bits per heavy atom. The number of phenols is 2. The van der Waals surface area contributed by atoms with E-state index in [4.69, 9.17) is 39.7 Å². The van der Waals surface area contributed by atoms with Gasteiger partial charge in [0.05, 0.1) is 42.1 Å². The van der Waals surface area contributed by atoms with Gasteiger partial charge in [-0.2, -0.15) is 0 Å². The molecule has 1 fully saturated rings. The smallest absolute Gasteiger partial charge is 0.414 e. The summed E-state index contributed by atoms with van der Waals surface area (Å²) in [6.45, 7) is 0.560. The van der Waals surface area contributed by atoms with Crippen LogP contribution in [0.1, 0.15) is 68.8 Å². The summed E-state index contributed by atoms with van der Waals surface area (Å²) >= 11 is 0. The topological polar surface area (TPSA) is 281 Å². The zero-order valence-electron chi connectivity index (χ0n) is 23.9. The number of hydrogen-bond acceptors (Lipinski definition) is 14. The van der Waals surface area contributed by atoms with Crippen LogP contribution in [0, 0.1) is 0 Å². The number of aliphatic hydroxyl groups excluding tert-OH is 2. The number of aliphatic carboxylic acids is 2. The van der Waals surface area contributed by atoms with Gasteiger partial charge in [0.25, 0.3) is 0 Å². The number of methoxy groups -OCH3 is 1. The summed E-state index contributed by atoms with van der Waals surface area (Å²) in [5.74, 6) is -7.42. The third-order valence-corrected chi connectivity index (χ3v) is 7.99. The number of ether oxygens (including phenoxy) is 3. The molecule has 2 aromatic rings. The van der Waals surface area contributed by atoms with Gasteiger partial charge in [0.2, 0.25) is 5.78 Å². The Labute approximate surface area is 254 Å². The maximum atomic E-state index is 13.6. The van der Waals surface area contributed by atoms with Gasteiger partial charge in [0.15, 0.2) is 17.9 Å². The van der Waals surface area contributed by atoms with Crippen molar-refractivity contribution in [2.24, 2.45) is 5.73 Å². The molecule has 0 amide bonds. The molecule has 3 aliphatic rings. The molecule has 16 heteroatoms. The van der Waals surface area contributed by atoms with Crippen molar-refractivity contribution in [1.29, 1.82) is 0 Å². The molecular weight excluding hydrogens is 602 g/mol. The van der Waals surface area contributed by atoms with Crippen molar-refractivity contribution in [2.45, 2.75) is 62.4 Å². The van der Waals surface area contributed by atoms with E-state index in [1.165, 1.54) is 25.3 Å². The van der Waals surface area contributed by atoms with Gasteiger partial charge in [-0.25, -0.2) is 9.59 Å². The van der Waals surface area contributed by atoms with Crippen molar-refractivity contribution in [2.75, 3.05) is 13.7 Å². The molecule has 2 aliphatic carbocycles. The van der Waals surface area contributed by atoms with Gasteiger partial charge >= 0.3 is 11.9 Å². The van der Waals surface area contributed by atoms with Crippen molar-refractivity contribution in [3.63, 3.8) is 0 Å². The summed E-state index contributed by atoms with van der Waals surface area (Å²) in [6, 6.07) is 3.64. The van der Waals surface area contributed by atoms with Crippen LogP contribution in [-0.2, 0) is 30.3 Å². The van der Waals surface area contributed by atoms with Crippen LogP contribution in [-0.4, -0.2) is 109 Å². The van der Waals surface area contributed by atoms with Crippen LogP contribution in [0.2, 0.25) is 0 Å². The van der Waals surface area contributed by atoms with E-state index >= 15 is 0 Å². The van der Waals surface area contributed by atoms with Crippen molar-refractivity contribution < 1.29 is 73.9 Å². The van der Waals surface area contributed by atoms with Gasteiger partial charge < -0.3 is 55.7 Å². The Bertz CT molecular complexity index is 1560. The Kier molecular flexibility index (Phi) is 9.30. The molecule has 242 valence electrons. The number of carboxylic acids is 2. The first-order valence-electron chi connectivity index (χ1n) is 13.5. The molecule has 1 aliphatic heterocycles. The van der Waals surface area contributed by atoms with E-state index in [0.717, 1.165) is 0 Å².